The Bertz CT molecular complexity index is 1050. The first-order valence-electron chi connectivity index (χ1n) is 7.73. The van der Waals surface area contributed by atoms with E-state index in [1.807, 2.05) is 43.3 Å². The fourth-order valence-corrected chi connectivity index (χ4v) is 3.05. The van der Waals surface area contributed by atoms with Gasteiger partial charge in [0.1, 0.15) is 11.6 Å². The maximum Gasteiger partial charge on any atom is 0.199 e. The number of aromatic amines is 1. The fraction of sp³-hybridized carbons (Fsp3) is 0.111. The molecule has 0 saturated heterocycles. The number of benzene rings is 2. The molecule has 0 bridgehead atoms. The van der Waals surface area contributed by atoms with E-state index in [0.717, 1.165) is 38.7 Å². The van der Waals surface area contributed by atoms with E-state index in [4.69, 9.17) is 16.2 Å². The molecule has 2 aromatic heterocycles. The number of nitrogens with zero attached hydrogens (tertiary/aromatic N) is 2. The van der Waals surface area contributed by atoms with E-state index in [9.17, 15) is 0 Å². The van der Waals surface area contributed by atoms with Crippen molar-refractivity contribution in [2.75, 3.05) is 18.1 Å². The first kappa shape index (κ1) is 14.3. The van der Waals surface area contributed by atoms with Crippen molar-refractivity contribution in [1.82, 2.24) is 15.0 Å². The number of hydrogen-bond donors (Lipinski definition) is 3. The van der Waals surface area contributed by atoms with Crippen LogP contribution in [0.15, 0.2) is 42.6 Å². The number of anilines is 2. The number of nitrogens with two attached hydrogens (primary N) is 2. The lowest BCUT2D eigenvalue weighted by atomic mass is 10.00. The van der Waals surface area contributed by atoms with Crippen molar-refractivity contribution in [3.8, 4) is 16.9 Å². The minimum Gasteiger partial charge on any atom is -0.494 e. The van der Waals surface area contributed by atoms with Crippen molar-refractivity contribution in [3.63, 3.8) is 0 Å². The zero-order chi connectivity index (χ0) is 16.7. The number of nitrogens with one attached hydrogen (secondary N) is 1. The lowest BCUT2D eigenvalue weighted by molar-refractivity contribution is 0.340. The third-order valence-corrected chi connectivity index (χ3v) is 4.00. The van der Waals surface area contributed by atoms with E-state index < -0.39 is 0 Å². The molecule has 0 aliphatic carbocycles. The number of hydrogen-bond acceptors (Lipinski definition) is 5. The van der Waals surface area contributed by atoms with Crippen LogP contribution in [0.2, 0.25) is 0 Å². The van der Waals surface area contributed by atoms with Crippen molar-refractivity contribution >= 4 is 33.6 Å². The molecule has 24 heavy (non-hydrogen) atoms. The number of H-pyrrole nitrogens is 1. The van der Waals surface area contributed by atoms with Gasteiger partial charge < -0.3 is 21.2 Å². The number of aromatic nitrogens is 3. The lowest BCUT2D eigenvalue weighted by Gasteiger charge is -2.11. The van der Waals surface area contributed by atoms with Crippen molar-refractivity contribution in [1.29, 1.82) is 0 Å². The molecule has 0 aliphatic heterocycles. The van der Waals surface area contributed by atoms with Crippen molar-refractivity contribution in [3.05, 3.63) is 42.6 Å². The first-order chi connectivity index (χ1) is 11.7. The Morgan fingerprint density at radius 3 is 2.88 bits per heavy atom. The van der Waals surface area contributed by atoms with E-state index in [-0.39, 0.29) is 5.95 Å². The number of fused-ring (bicyclic) bond motifs is 3. The van der Waals surface area contributed by atoms with Crippen LogP contribution in [0, 0.1) is 0 Å². The molecule has 0 aliphatic rings. The smallest absolute Gasteiger partial charge is 0.199 e. The zero-order valence-electron chi connectivity index (χ0n) is 13.2. The predicted molar refractivity (Wildman–Crippen MR) is 96.8 cm³/mol. The highest BCUT2D eigenvalue weighted by atomic mass is 16.5. The molecule has 0 spiro atoms. The second-order valence-corrected chi connectivity index (χ2v) is 5.52. The van der Waals surface area contributed by atoms with Crippen LogP contribution < -0.4 is 16.2 Å². The third-order valence-electron chi connectivity index (χ3n) is 4.00. The fourth-order valence-electron chi connectivity index (χ4n) is 3.05. The predicted octanol–water partition coefficient (Wildman–Crippen LogP) is 3.34. The average molecular weight is 319 g/mol. The molecule has 6 nitrogen and oxygen atoms in total. The maximum absolute atomic E-state index is 6.08. The van der Waals surface area contributed by atoms with Gasteiger partial charge in [0.2, 0.25) is 0 Å². The normalized spacial score (nSPS) is 11.2. The average Bonchev–Trinajstić information content (AvgIpc) is 3.03. The van der Waals surface area contributed by atoms with Gasteiger partial charge in [-0.3, -0.25) is 4.98 Å². The molecule has 4 aromatic rings. The number of rotatable bonds is 3. The van der Waals surface area contributed by atoms with Crippen LogP contribution in [0.1, 0.15) is 6.92 Å². The number of ether oxygens (including phenoxy) is 1. The van der Waals surface area contributed by atoms with Crippen LogP contribution in [0.25, 0.3) is 32.9 Å². The Morgan fingerprint density at radius 2 is 2.04 bits per heavy atom. The van der Waals surface area contributed by atoms with Gasteiger partial charge in [-0.25, -0.2) is 0 Å². The monoisotopic (exact) mass is 319 g/mol. The van der Waals surface area contributed by atoms with E-state index in [1.165, 1.54) is 0 Å². The minimum atomic E-state index is 0.285. The summed E-state index contributed by atoms with van der Waals surface area (Å²) in [4.78, 5) is 11.7. The summed E-state index contributed by atoms with van der Waals surface area (Å²) in [5.41, 5.74) is 15.6. The van der Waals surface area contributed by atoms with Crippen molar-refractivity contribution in [2.45, 2.75) is 6.92 Å². The molecule has 0 saturated carbocycles. The first-order valence-corrected chi connectivity index (χ1v) is 7.73. The lowest BCUT2D eigenvalue weighted by Crippen LogP contribution is -2.01. The van der Waals surface area contributed by atoms with Gasteiger partial charge in [-0.2, -0.15) is 4.98 Å². The minimum absolute atomic E-state index is 0.285. The molecular weight excluding hydrogens is 302 g/mol. The molecule has 0 fully saturated rings. The summed E-state index contributed by atoms with van der Waals surface area (Å²) in [5, 5.41) is 1.78. The molecule has 2 aromatic carbocycles. The van der Waals surface area contributed by atoms with Gasteiger partial charge in [-0.05, 0) is 36.8 Å². The Balaban J connectivity index is 2.04. The third kappa shape index (κ3) is 2.20. The second-order valence-electron chi connectivity index (χ2n) is 5.52. The topological polar surface area (TPSA) is 103 Å². The quantitative estimate of drug-likeness (QED) is 0.537. The summed E-state index contributed by atoms with van der Waals surface area (Å²) >= 11 is 0. The zero-order valence-corrected chi connectivity index (χ0v) is 13.2. The van der Waals surface area contributed by atoms with E-state index in [1.54, 1.807) is 6.20 Å². The van der Waals surface area contributed by atoms with E-state index in [0.29, 0.717) is 12.4 Å². The van der Waals surface area contributed by atoms with Crippen LogP contribution in [-0.4, -0.2) is 21.6 Å². The van der Waals surface area contributed by atoms with Crippen LogP contribution in [0.5, 0.6) is 5.75 Å². The van der Waals surface area contributed by atoms with Gasteiger partial charge in [0.05, 0.1) is 17.6 Å². The standard InChI is InChI=1S/C18H17N5O/c1-2-24-11-5-3-4-10(8-11)13-9-14-15(12-6-7-21-16(12)13)17(19)23-18(20)22-14/h3-9H,2,19H2,1H3,(H3,20,22,23). The molecule has 0 amide bonds. The number of nitrogen functional groups attached to an aromatic ring is 2. The second kappa shape index (κ2) is 5.42. The SMILES string of the molecule is CCOc1cccc(-c2cc3[nH]c(N)nc(N)c3c3ccnc23)c1. The van der Waals surface area contributed by atoms with Crippen molar-refractivity contribution < 1.29 is 4.74 Å². The summed E-state index contributed by atoms with van der Waals surface area (Å²) in [6, 6.07) is 11.9. The Hall–Kier alpha value is -3.28. The van der Waals surface area contributed by atoms with Gasteiger partial charge >= 0.3 is 0 Å². The molecular formula is C18H17N5O. The molecule has 5 N–H and O–H groups in total. The molecule has 4 rings (SSSR count). The van der Waals surface area contributed by atoms with Gasteiger partial charge in [-0.1, -0.05) is 12.1 Å². The Morgan fingerprint density at radius 1 is 1.17 bits per heavy atom. The molecule has 0 unspecified atom stereocenters. The Labute approximate surface area is 138 Å². The highest BCUT2D eigenvalue weighted by Crippen LogP contribution is 2.36. The van der Waals surface area contributed by atoms with Crippen LogP contribution in [-0.2, 0) is 0 Å². The molecule has 0 radical (unpaired) electrons. The summed E-state index contributed by atoms with van der Waals surface area (Å²) in [6.45, 7) is 2.59. The van der Waals surface area contributed by atoms with Crippen LogP contribution >= 0.6 is 0 Å². The van der Waals surface area contributed by atoms with Crippen molar-refractivity contribution in [2.24, 2.45) is 0 Å². The highest BCUT2D eigenvalue weighted by molar-refractivity contribution is 6.15. The molecule has 0 atom stereocenters. The van der Waals surface area contributed by atoms with Gasteiger partial charge in [-0.15, -0.1) is 0 Å². The van der Waals surface area contributed by atoms with Gasteiger partial charge in [0.15, 0.2) is 5.95 Å². The summed E-state index contributed by atoms with van der Waals surface area (Å²) in [5.74, 6) is 1.51. The van der Waals surface area contributed by atoms with E-state index >= 15 is 0 Å². The molecule has 6 heteroatoms. The van der Waals surface area contributed by atoms with Gasteiger partial charge in [0.25, 0.3) is 0 Å². The van der Waals surface area contributed by atoms with Crippen LogP contribution in [0.3, 0.4) is 0 Å². The largest absolute Gasteiger partial charge is 0.494 e. The van der Waals surface area contributed by atoms with E-state index in [2.05, 4.69) is 15.0 Å². The van der Waals surface area contributed by atoms with Gasteiger partial charge in [0, 0.05) is 22.5 Å². The molecule has 2 heterocycles. The van der Waals surface area contributed by atoms with Crippen LogP contribution in [0.4, 0.5) is 11.8 Å². The maximum atomic E-state index is 6.08. The molecule has 120 valence electrons. The summed E-state index contributed by atoms with van der Waals surface area (Å²) in [7, 11) is 0. The Kier molecular flexibility index (Phi) is 3.23. The summed E-state index contributed by atoms with van der Waals surface area (Å²) in [6.07, 6.45) is 1.77. The highest BCUT2D eigenvalue weighted by Gasteiger charge is 2.14. The summed E-state index contributed by atoms with van der Waals surface area (Å²) < 4.78 is 5.61.